The molecule has 54 heavy (non-hydrogen) atoms. The average Bonchev–Trinajstić information content (AvgIpc) is 3.83. The van der Waals surface area contributed by atoms with Crippen molar-refractivity contribution in [1.82, 2.24) is 39.9 Å². The number of aromatic amines is 4. The Morgan fingerprint density at radius 3 is 0.759 bits per heavy atom. The summed E-state index contributed by atoms with van der Waals surface area (Å²) in [5.41, 5.74) is 22.0. The predicted molar refractivity (Wildman–Crippen MR) is 177 cm³/mol. The Bertz CT molecular complexity index is 2280. The summed E-state index contributed by atoms with van der Waals surface area (Å²) in [5, 5.41) is 6.70. The van der Waals surface area contributed by atoms with Crippen molar-refractivity contribution in [3.63, 3.8) is 0 Å². The molecule has 0 radical (unpaired) electrons. The van der Waals surface area contributed by atoms with Crippen LogP contribution in [0.4, 0.5) is 69.3 Å². The van der Waals surface area contributed by atoms with Crippen LogP contribution < -0.4 is 67.0 Å². The van der Waals surface area contributed by atoms with Crippen LogP contribution >= 0.6 is 0 Å². The Balaban J connectivity index is 0.000000179. The lowest BCUT2D eigenvalue weighted by Crippen LogP contribution is -2.75. The molecule has 4 aliphatic rings. The quantitative estimate of drug-likeness (QED) is 0.0580. The highest BCUT2D eigenvalue weighted by Gasteiger charge is 2.18. The number of anilines is 4. The Labute approximate surface area is 296 Å². The van der Waals surface area contributed by atoms with E-state index in [1.165, 1.54) is 0 Å². The lowest BCUT2D eigenvalue weighted by Gasteiger charge is -2.06. The highest BCUT2D eigenvalue weighted by atomic mass is 32.3. The molecule has 0 aliphatic carbocycles. The van der Waals surface area contributed by atoms with Crippen molar-refractivity contribution < 1.29 is 56.3 Å². The van der Waals surface area contributed by atoms with Gasteiger partial charge in [0.15, 0.2) is 71.4 Å². The maximum absolute atomic E-state index is 10.7. The molecule has 4 aromatic heterocycles. The third-order valence-electron chi connectivity index (χ3n) is 5.62. The van der Waals surface area contributed by atoms with Crippen LogP contribution in [0.3, 0.4) is 0 Å². The van der Waals surface area contributed by atoms with Crippen LogP contribution in [0.1, 0.15) is 0 Å². The highest BCUT2D eigenvalue weighted by Crippen LogP contribution is 2.25. The second-order valence-corrected chi connectivity index (χ2v) is 11.0. The molecule has 0 spiro atoms. The molecule has 0 saturated carbocycles. The molecule has 0 atom stereocenters. The van der Waals surface area contributed by atoms with Gasteiger partial charge in [-0.15, -0.1) is 0 Å². The molecule has 0 fully saturated rings. The number of nitrogens with zero attached hydrogens (tertiary/aromatic N) is 8. The lowest BCUT2D eigenvalue weighted by atomic mass is 10.4. The summed E-state index contributed by atoms with van der Waals surface area (Å²) < 4.78 is 68.2. The van der Waals surface area contributed by atoms with E-state index in [-0.39, 0.29) is 23.3 Å². The van der Waals surface area contributed by atoms with Gasteiger partial charge in [0, 0.05) is 20.8 Å². The summed E-state index contributed by atoms with van der Waals surface area (Å²) in [4.78, 5) is 82.4. The maximum atomic E-state index is 10.7. The SMILES string of the molecule is Nc1nc(=O)[nH]c2c1N=C[NH2+]2.Nc1nc(=O)[nH]c2c1N=C[NH2+]2.Nc1nc(=O)[nH]c2c1N=C[NH2+]2.Nc1nc(=O)[nH]c2c1N=C[NH2+]2.O=S(=O)([O-])[O-].O=S(=O)([O-])[O-]. The normalized spacial score (nSPS) is 13.1. The van der Waals surface area contributed by atoms with Crippen molar-refractivity contribution in [2.24, 2.45) is 20.0 Å². The van der Waals surface area contributed by atoms with Crippen LogP contribution in [-0.2, 0) is 20.8 Å². The zero-order chi connectivity index (χ0) is 40.4. The van der Waals surface area contributed by atoms with E-state index in [0.29, 0.717) is 46.0 Å². The molecule has 4 aliphatic heterocycles. The zero-order valence-corrected chi connectivity index (χ0v) is 27.9. The van der Waals surface area contributed by atoms with Gasteiger partial charge in [0.05, 0.1) is 0 Å². The molecule has 32 nitrogen and oxygen atoms in total. The molecule has 8 heterocycles. The molecule has 0 saturated heterocycles. The smallest absolute Gasteiger partial charge is 0.351 e. The molecule has 4 aromatic rings. The minimum Gasteiger partial charge on any atom is -0.759 e. The van der Waals surface area contributed by atoms with Gasteiger partial charge in [0.25, 0.3) is 0 Å². The molecule has 0 aromatic carbocycles. The first-order valence-electron chi connectivity index (χ1n) is 13.5. The third kappa shape index (κ3) is 13.3. The fourth-order valence-corrected chi connectivity index (χ4v) is 3.78. The molecule has 0 bridgehead atoms. The summed E-state index contributed by atoms with van der Waals surface area (Å²) in [7, 11) is -10.3. The van der Waals surface area contributed by atoms with E-state index in [9.17, 15) is 19.2 Å². The van der Waals surface area contributed by atoms with E-state index >= 15 is 0 Å². The monoisotopic (exact) mass is 800 g/mol. The van der Waals surface area contributed by atoms with Gasteiger partial charge in [-0.1, -0.05) is 0 Å². The number of H-pyrrole nitrogens is 4. The number of rotatable bonds is 0. The summed E-state index contributed by atoms with van der Waals surface area (Å²) in [6.45, 7) is 0. The number of nitrogen functional groups attached to an aromatic ring is 4. The lowest BCUT2D eigenvalue weighted by molar-refractivity contribution is -0.433. The first-order valence-corrected chi connectivity index (χ1v) is 16.2. The molecule has 288 valence electrons. The van der Waals surface area contributed by atoms with E-state index in [2.05, 4.69) is 59.8 Å². The van der Waals surface area contributed by atoms with Crippen LogP contribution in [0, 0.1) is 0 Å². The van der Waals surface area contributed by atoms with Gasteiger partial charge in [-0.3, -0.25) is 58.0 Å². The number of aromatic nitrogens is 8. The third-order valence-corrected chi connectivity index (χ3v) is 5.62. The first kappa shape index (κ1) is 41.4. The van der Waals surface area contributed by atoms with Gasteiger partial charge < -0.3 is 41.1 Å². The van der Waals surface area contributed by atoms with Gasteiger partial charge in [-0.25, -0.2) is 19.2 Å². The number of aliphatic imine (C=N–C) groups is 4. The molecule has 0 unspecified atom stereocenters. The van der Waals surface area contributed by atoms with Gasteiger partial charge in [0.2, 0.25) is 23.3 Å². The van der Waals surface area contributed by atoms with E-state index < -0.39 is 43.6 Å². The molecular formula is C20H24N20O12S2. The second-order valence-electron chi connectivity index (χ2n) is 9.35. The van der Waals surface area contributed by atoms with Crippen molar-refractivity contribution in [1.29, 1.82) is 0 Å². The van der Waals surface area contributed by atoms with Crippen LogP contribution in [0.5, 0.6) is 0 Å². The van der Waals surface area contributed by atoms with Gasteiger partial charge in [-0.2, -0.15) is 39.9 Å². The summed E-state index contributed by atoms with van der Waals surface area (Å²) in [5.74, 6) is 3.21. The molecule has 8 rings (SSSR count). The van der Waals surface area contributed by atoms with E-state index in [4.69, 9.17) is 58.0 Å². The standard InChI is InChI=1S/4C5H5N5O.2H2O4S/c4*6-3-2-4(8-1-7-2)10-5(11)9-3;2*1-5(2,3)4/h4*1H,(H4,6,7,8,9,10,11);2*(H2,1,2,3,4). The number of nitrogens with one attached hydrogen (secondary N) is 4. The van der Waals surface area contributed by atoms with Gasteiger partial charge in [0.1, 0.15) is 0 Å². The topological polar surface area (TPSA) is 563 Å². The van der Waals surface area contributed by atoms with E-state index in [0.717, 1.165) is 0 Å². The minimum atomic E-state index is -5.17. The van der Waals surface area contributed by atoms with Gasteiger partial charge >= 0.3 is 22.8 Å². The predicted octanol–water partition coefficient (Wildman–Crippen LogP) is -9.79. The maximum Gasteiger partial charge on any atom is 0.351 e. The first-order chi connectivity index (χ1) is 25.1. The highest BCUT2D eigenvalue weighted by molar-refractivity contribution is 7.79. The van der Waals surface area contributed by atoms with Crippen molar-refractivity contribution >= 4 is 115 Å². The van der Waals surface area contributed by atoms with Crippen molar-refractivity contribution in [2.45, 2.75) is 0 Å². The van der Waals surface area contributed by atoms with Crippen LogP contribution in [0.25, 0.3) is 0 Å². The molecule has 34 heteroatoms. The number of nitrogens with two attached hydrogens (primary N) is 8. The summed E-state index contributed by atoms with van der Waals surface area (Å²) in [6, 6.07) is 0. The van der Waals surface area contributed by atoms with E-state index in [1.807, 2.05) is 0 Å². The largest absolute Gasteiger partial charge is 0.759 e. The Morgan fingerprint density at radius 2 is 0.593 bits per heavy atom. The number of hydrogen-bond donors (Lipinski definition) is 12. The van der Waals surface area contributed by atoms with Crippen LogP contribution in [0.2, 0.25) is 0 Å². The molecule has 20 N–H and O–H groups in total. The minimum absolute atomic E-state index is 0.175. The summed E-state index contributed by atoms with van der Waals surface area (Å²) in [6.07, 6.45) is 6.27. The molecule has 0 amide bonds. The average molecular weight is 801 g/mol. The Morgan fingerprint density at radius 1 is 0.426 bits per heavy atom. The number of quaternary nitrogens is 4. The fourth-order valence-electron chi connectivity index (χ4n) is 3.78. The van der Waals surface area contributed by atoms with Crippen molar-refractivity contribution in [3.05, 3.63) is 41.9 Å². The molecular weight excluding hydrogens is 776 g/mol. The number of hydrogen-bond acceptors (Lipinski definition) is 24. The fraction of sp³-hybridized carbons (Fsp3) is 0. The zero-order valence-electron chi connectivity index (χ0n) is 26.2. The van der Waals surface area contributed by atoms with E-state index in [1.54, 1.807) is 46.6 Å². The Hall–Kier alpha value is -7.02. The summed E-state index contributed by atoms with van der Waals surface area (Å²) >= 11 is 0. The number of fused-ring (bicyclic) bond motifs is 4. The van der Waals surface area contributed by atoms with Crippen LogP contribution in [-0.4, -0.2) is 100 Å². The van der Waals surface area contributed by atoms with Gasteiger partial charge in [-0.05, 0) is 0 Å². The Kier molecular flexibility index (Phi) is 13.4. The second kappa shape index (κ2) is 17.5. The van der Waals surface area contributed by atoms with Crippen molar-refractivity contribution in [3.8, 4) is 0 Å². The van der Waals surface area contributed by atoms with Crippen LogP contribution in [0.15, 0.2) is 39.1 Å². The van der Waals surface area contributed by atoms with Crippen molar-refractivity contribution in [2.75, 3.05) is 22.9 Å².